The standard InChI is InChI=1S/C21H27NO5/c1-21(2,12-15-6-4-5-14(7-15)8-20(26)27-3)22-13-19(25)16-9-17(23)11-18(24)10-16/h4-7,9-11,19,22-25H,8,12-13H2,1-3H3. The molecule has 0 radical (unpaired) electrons. The van der Waals surface area contributed by atoms with Crippen LogP contribution in [0.1, 0.15) is 36.6 Å². The number of phenolic OH excluding ortho intramolecular Hbond substituents is 2. The first-order chi connectivity index (χ1) is 12.7. The maximum Gasteiger partial charge on any atom is 0.309 e. The molecule has 0 spiro atoms. The van der Waals surface area contributed by atoms with E-state index >= 15 is 0 Å². The van der Waals surface area contributed by atoms with Gasteiger partial charge in [-0.1, -0.05) is 24.3 Å². The van der Waals surface area contributed by atoms with E-state index in [4.69, 9.17) is 4.74 Å². The topological polar surface area (TPSA) is 99.0 Å². The van der Waals surface area contributed by atoms with E-state index in [2.05, 4.69) is 5.32 Å². The van der Waals surface area contributed by atoms with Gasteiger partial charge in [0.15, 0.2) is 0 Å². The van der Waals surface area contributed by atoms with Gasteiger partial charge in [0.05, 0.1) is 19.6 Å². The number of rotatable bonds is 8. The van der Waals surface area contributed by atoms with Crippen LogP contribution in [0.5, 0.6) is 11.5 Å². The fourth-order valence-corrected chi connectivity index (χ4v) is 2.96. The van der Waals surface area contributed by atoms with E-state index in [0.29, 0.717) is 12.0 Å². The first kappa shape index (κ1) is 20.7. The number of aliphatic hydroxyl groups excluding tert-OH is 1. The minimum atomic E-state index is -0.868. The second-order valence-corrected chi connectivity index (χ2v) is 7.31. The number of hydrogen-bond acceptors (Lipinski definition) is 6. The van der Waals surface area contributed by atoms with Crippen LogP contribution in [0.15, 0.2) is 42.5 Å². The monoisotopic (exact) mass is 373 g/mol. The van der Waals surface area contributed by atoms with Gasteiger partial charge in [-0.15, -0.1) is 0 Å². The lowest BCUT2D eigenvalue weighted by atomic mass is 9.93. The van der Waals surface area contributed by atoms with E-state index in [-0.39, 0.29) is 36.0 Å². The van der Waals surface area contributed by atoms with Crippen LogP contribution in [-0.4, -0.2) is 40.5 Å². The van der Waals surface area contributed by atoms with Gasteiger partial charge in [-0.3, -0.25) is 4.79 Å². The van der Waals surface area contributed by atoms with Crippen LogP contribution in [0, 0.1) is 0 Å². The lowest BCUT2D eigenvalue weighted by Gasteiger charge is -2.28. The summed E-state index contributed by atoms with van der Waals surface area (Å²) >= 11 is 0. The Morgan fingerprint density at radius 1 is 1.11 bits per heavy atom. The summed E-state index contributed by atoms with van der Waals surface area (Å²) in [6.07, 6.45) is 0.0608. The van der Waals surface area contributed by atoms with Gasteiger partial charge < -0.3 is 25.4 Å². The van der Waals surface area contributed by atoms with E-state index in [0.717, 1.165) is 11.1 Å². The molecule has 2 rings (SSSR count). The number of phenols is 2. The average molecular weight is 373 g/mol. The van der Waals surface area contributed by atoms with E-state index in [1.165, 1.54) is 25.3 Å². The van der Waals surface area contributed by atoms with Crippen molar-refractivity contribution >= 4 is 5.97 Å². The summed E-state index contributed by atoms with van der Waals surface area (Å²) in [5.74, 6) is -0.460. The quantitative estimate of drug-likeness (QED) is 0.531. The Balaban J connectivity index is 1.98. The molecule has 0 saturated heterocycles. The molecule has 6 nitrogen and oxygen atoms in total. The van der Waals surface area contributed by atoms with Crippen molar-refractivity contribution in [1.29, 1.82) is 0 Å². The second-order valence-electron chi connectivity index (χ2n) is 7.31. The maximum absolute atomic E-state index is 11.4. The Kier molecular flexibility index (Phi) is 6.82. The van der Waals surface area contributed by atoms with Crippen molar-refractivity contribution in [3.8, 4) is 11.5 Å². The fraction of sp³-hybridized carbons (Fsp3) is 0.381. The molecule has 1 unspecified atom stereocenters. The normalized spacial score (nSPS) is 12.6. The molecule has 0 heterocycles. The number of β-amino-alcohol motifs (C(OH)–C–C–N with tert-alkyl or cyclic N) is 1. The molecule has 0 aliphatic heterocycles. The molecule has 4 N–H and O–H groups in total. The first-order valence-corrected chi connectivity index (χ1v) is 8.79. The Hall–Kier alpha value is -2.57. The van der Waals surface area contributed by atoms with Gasteiger partial charge in [-0.05, 0) is 49.1 Å². The third kappa shape index (κ3) is 6.58. The number of methoxy groups -OCH3 is 1. The zero-order valence-electron chi connectivity index (χ0n) is 15.9. The van der Waals surface area contributed by atoms with E-state index in [9.17, 15) is 20.1 Å². The smallest absolute Gasteiger partial charge is 0.309 e. The zero-order valence-corrected chi connectivity index (χ0v) is 15.9. The number of nitrogens with one attached hydrogen (secondary N) is 1. The number of hydrogen-bond donors (Lipinski definition) is 4. The van der Waals surface area contributed by atoms with Crippen LogP contribution < -0.4 is 5.32 Å². The van der Waals surface area contributed by atoms with Crippen LogP contribution in [0.2, 0.25) is 0 Å². The number of benzene rings is 2. The summed E-state index contributed by atoms with van der Waals surface area (Å²) < 4.78 is 4.70. The largest absolute Gasteiger partial charge is 0.508 e. The molecule has 6 heteroatoms. The summed E-state index contributed by atoms with van der Waals surface area (Å²) in [6.45, 7) is 4.30. The van der Waals surface area contributed by atoms with Crippen LogP contribution in [0.4, 0.5) is 0 Å². The predicted molar refractivity (Wildman–Crippen MR) is 103 cm³/mol. The number of ether oxygens (including phenoxy) is 1. The highest BCUT2D eigenvalue weighted by atomic mass is 16.5. The molecule has 0 amide bonds. The van der Waals surface area contributed by atoms with Crippen LogP contribution in [0.3, 0.4) is 0 Å². The summed E-state index contributed by atoms with van der Waals surface area (Å²) in [4.78, 5) is 11.4. The van der Waals surface area contributed by atoms with Gasteiger partial charge in [0.2, 0.25) is 0 Å². The van der Waals surface area contributed by atoms with Crippen molar-refractivity contribution in [2.75, 3.05) is 13.7 Å². The minimum Gasteiger partial charge on any atom is -0.508 e. The predicted octanol–water partition coefficient (Wildman–Crippen LogP) is 2.46. The van der Waals surface area contributed by atoms with Crippen LogP contribution >= 0.6 is 0 Å². The molecule has 0 fully saturated rings. The van der Waals surface area contributed by atoms with Crippen molar-refractivity contribution in [3.05, 3.63) is 59.2 Å². The third-order valence-corrected chi connectivity index (χ3v) is 4.30. The fourth-order valence-electron chi connectivity index (χ4n) is 2.96. The highest BCUT2D eigenvalue weighted by molar-refractivity contribution is 5.72. The van der Waals surface area contributed by atoms with E-state index < -0.39 is 6.10 Å². The van der Waals surface area contributed by atoms with Crippen molar-refractivity contribution in [2.24, 2.45) is 0 Å². The molecule has 0 bridgehead atoms. The summed E-state index contributed by atoms with van der Waals surface area (Å²) in [6, 6.07) is 11.8. The van der Waals surface area contributed by atoms with Gasteiger partial charge in [0.1, 0.15) is 11.5 Å². The Morgan fingerprint density at radius 3 is 2.37 bits per heavy atom. The highest BCUT2D eigenvalue weighted by Crippen LogP contribution is 2.25. The number of aliphatic hydroxyl groups is 1. The first-order valence-electron chi connectivity index (χ1n) is 8.79. The molecule has 146 valence electrons. The van der Waals surface area contributed by atoms with Gasteiger partial charge in [0, 0.05) is 18.2 Å². The lowest BCUT2D eigenvalue weighted by Crippen LogP contribution is -2.43. The van der Waals surface area contributed by atoms with Crippen molar-refractivity contribution < 1.29 is 24.9 Å². The molecular weight excluding hydrogens is 346 g/mol. The molecule has 0 saturated carbocycles. The van der Waals surface area contributed by atoms with Gasteiger partial charge >= 0.3 is 5.97 Å². The Labute approximate surface area is 159 Å². The maximum atomic E-state index is 11.4. The summed E-state index contributed by atoms with van der Waals surface area (Å²) in [5.41, 5.74) is 2.09. The van der Waals surface area contributed by atoms with Crippen molar-refractivity contribution in [1.82, 2.24) is 5.32 Å². The molecule has 0 aliphatic carbocycles. The number of aromatic hydroxyl groups is 2. The van der Waals surface area contributed by atoms with Crippen LogP contribution in [-0.2, 0) is 22.4 Å². The second kappa shape index (κ2) is 8.88. The van der Waals surface area contributed by atoms with Crippen molar-refractivity contribution in [2.45, 2.75) is 38.3 Å². The molecular formula is C21H27NO5. The molecule has 2 aromatic carbocycles. The SMILES string of the molecule is COC(=O)Cc1cccc(CC(C)(C)NCC(O)c2cc(O)cc(O)c2)c1. The zero-order chi connectivity index (χ0) is 20.0. The summed E-state index contributed by atoms with van der Waals surface area (Å²) in [5, 5.41) is 32.7. The molecule has 0 aliphatic rings. The Bertz CT molecular complexity index is 768. The summed E-state index contributed by atoms with van der Waals surface area (Å²) in [7, 11) is 1.37. The Morgan fingerprint density at radius 2 is 1.74 bits per heavy atom. The number of carbonyl (C=O) groups is 1. The average Bonchev–Trinajstić information content (AvgIpc) is 2.58. The lowest BCUT2D eigenvalue weighted by molar-refractivity contribution is -0.139. The van der Waals surface area contributed by atoms with Gasteiger partial charge in [-0.2, -0.15) is 0 Å². The number of carbonyl (C=O) groups excluding carboxylic acids is 1. The minimum absolute atomic E-state index is 0.0919. The third-order valence-electron chi connectivity index (χ3n) is 4.30. The van der Waals surface area contributed by atoms with Gasteiger partial charge in [0.25, 0.3) is 0 Å². The molecule has 1 atom stereocenters. The molecule has 27 heavy (non-hydrogen) atoms. The number of esters is 1. The van der Waals surface area contributed by atoms with Gasteiger partial charge in [-0.25, -0.2) is 0 Å². The van der Waals surface area contributed by atoms with E-state index in [1.54, 1.807) is 0 Å². The van der Waals surface area contributed by atoms with E-state index in [1.807, 2.05) is 38.1 Å². The highest BCUT2D eigenvalue weighted by Gasteiger charge is 2.20. The molecule has 2 aromatic rings. The van der Waals surface area contributed by atoms with Crippen LogP contribution in [0.25, 0.3) is 0 Å². The molecule has 0 aromatic heterocycles. The van der Waals surface area contributed by atoms with Crippen molar-refractivity contribution in [3.63, 3.8) is 0 Å².